The third-order valence-corrected chi connectivity index (χ3v) is 9.31. The molecule has 0 aliphatic heterocycles. The maximum atomic E-state index is 12.5. The van der Waals surface area contributed by atoms with Crippen LogP contribution >= 0.6 is 11.6 Å². The highest BCUT2D eigenvalue weighted by atomic mass is 35.5. The lowest BCUT2D eigenvalue weighted by Crippen LogP contribution is -2.52. The second-order valence-corrected chi connectivity index (χ2v) is 13.5. The third-order valence-electron chi connectivity index (χ3n) is 8.93. The predicted molar refractivity (Wildman–Crippen MR) is 172 cm³/mol. The molecule has 1 amide bonds. The highest BCUT2D eigenvalue weighted by Gasteiger charge is 2.45. The molecule has 0 spiro atoms. The van der Waals surface area contributed by atoms with Crippen molar-refractivity contribution in [2.75, 3.05) is 26.3 Å². The third kappa shape index (κ3) is 7.73. The Morgan fingerprint density at radius 3 is 2.86 bits per heavy atom. The van der Waals surface area contributed by atoms with Crippen molar-refractivity contribution in [3.05, 3.63) is 53.3 Å². The first kappa shape index (κ1) is 32.7. The Balaban J connectivity index is 1.03. The minimum Gasteiger partial charge on any atom is -0.490 e. The fourth-order valence-corrected chi connectivity index (χ4v) is 6.55. The highest BCUT2D eigenvalue weighted by molar-refractivity contribution is 6.23. The number of halogens is 1. The number of carbonyl (C=O) groups is 1. The van der Waals surface area contributed by atoms with Gasteiger partial charge < -0.3 is 46.0 Å². The van der Waals surface area contributed by atoms with Crippen molar-refractivity contribution in [3.8, 4) is 5.75 Å². The number of rotatable bonds is 15. The number of nitrogens with zero attached hydrogens (tertiary/aromatic N) is 1. The second kappa shape index (κ2) is 13.7. The van der Waals surface area contributed by atoms with E-state index in [1.807, 2.05) is 26.0 Å². The summed E-state index contributed by atoms with van der Waals surface area (Å²) in [4.78, 5) is 12.5. The standard InChI is InChI=1S/C33H46ClN5O5/c1-33(2,18-37-30(42)17-44-27-11-8-20(14-23(27)34)24(35)9-12-29(36)41)38-15-21(40)16-43-28-6-4-5-25-32(28)31-22-13-19(22)7-10-26(31)39(25)3/h4-6,8,11,14,19,21-23,27,29,35,38,40-41H,7,9-10,12-13,15-18,36H2,1-3H3,(H,37,42). The minimum absolute atomic E-state index is 0.166. The zero-order chi connectivity index (χ0) is 31.6. The summed E-state index contributed by atoms with van der Waals surface area (Å²) in [6, 6.07) is 6.17. The number of amides is 1. The molecule has 11 heteroatoms. The summed E-state index contributed by atoms with van der Waals surface area (Å²) in [6.07, 6.45) is 7.29. The summed E-state index contributed by atoms with van der Waals surface area (Å²) in [5, 5.41) is 35.0. The monoisotopic (exact) mass is 627 g/mol. The van der Waals surface area contributed by atoms with Crippen LogP contribution in [0.4, 0.5) is 0 Å². The summed E-state index contributed by atoms with van der Waals surface area (Å²) < 4.78 is 14.2. The van der Waals surface area contributed by atoms with Crippen molar-refractivity contribution in [1.82, 2.24) is 15.2 Å². The number of β-amino-alcohol motifs (C(OH)–C–C–N with tert-alkyl or cyclic N) is 1. The molecule has 10 nitrogen and oxygen atoms in total. The van der Waals surface area contributed by atoms with Crippen LogP contribution in [0.1, 0.15) is 56.7 Å². The molecule has 1 heterocycles. The number of hydrogen-bond acceptors (Lipinski definition) is 8. The fraction of sp³-hybridized carbons (Fsp3) is 0.576. The van der Waals surface area contributed by atoms with Gasteiger partial charge in [-0.3, -0.25) is 4.79 Å². The molecule has 1 fully saturated rings. The molecule has 7 N–H and O–H groups in total. The van der Waals surface area contributed by atoms with Crippen LogP contribution in [0.5, 0.6) is 5.75 Å². The van der Waals surface area contributed by atoms with Gasteiger partial charge in [0, 0.05) is 42.5 Å². The minimum atomic E-state index is -0.958. The van der Waals surface area contributed by atoms with Crippen molar-refractivity contribution in [2.45, 2.75) is 81.2 Å². The normalized spacial score (nSPS) is 23.8. The number of aromatic nitrogens is 1. The average molecular weight is 628 g/mol. The van der Waals surface area contributed by atoms with E-state index in [1.165, 1.54) is 35.0 Å². The number of aliphatic hydroxyl groups is 2. The van der Waals surface area contributed by atoms with E-state index in [1.54, 1.807) is 18.2 Å². The average Bonchev–Trinajstić information content (AvgIpc) is 3.73. The zero-order valence-corrected chi connectivity index (χ0v) is 26.6. The van der Waals surface area contributed by atoms with Crippen LogP contribution in [0.2, 0.25) is 0 Å². The molecule has 2 aromatic rings. The molecule has 0 saturated heterocycles. The number of hydrogen-bond donors (Lipinski definition) is 6. The molecule has 1 aromatic carbocycles. The number of aliphatic hydroxyl groups excluding tert-OH is 2. The lowest BCUT2D eigenvalue weighted by molar-refractivity contribution is -0.127. The van der Waals surface area contributed by atoms with Crippen molar-refractivity contribution >= 4 is 34.1 Å². The summed E-state index contributed by atoms with van der Waals surface area (Å²) in [6.45, 7) is 4.55. The maximum absolute atomic E-state index is 12.5. The number of carbonyl (C=O) groups excluding carboxylic acids is 1. The molecule has 3 aliphatic carbocycles. The van der Waals surface area contributed by atoms with E-state index < -0.39 is 29.4 Å². The highest BCUT2D eigenvalue weighted by Crippen LogP contribution is 2.58. The summed E-state index contributed by atoms with van der Waals surface area (Å²) in [5.74, 6) is 2.00. The number of aryl methyl sites for hydroxylation is 1. The van der Waals surface area contributed by atoms with Crippen LogP contribution in [0.15, 0.2) is 42.0 Å². The van der Waals surface area contributed by atoms with Gasteiger partial charge in [-0.15, -0.1) is 11.6 Å². The summed E-state index contributed by atoms with van der Waals surface area (Å²) >= 11 is 6.42. The molecule has 6 atom stereocenters. The Kier molecular flexibility index (Phi) is 10.2. The van der Waals surface area contributed by atoms with Gasteiger partial charge in [-0.1, -0.05) is 24.3 Å². The first-order valence-electron chi connectivity index (χ1n) is 15.5. The van der Waals surface area contributed by atoms with E-state index in [9.17, 15) is 15.0 Å². The maximum Gasteiger partial charge on any atom is 0.246 e. The second-order valence-electron chi connectivity index (χ2n) is 13.0. The molecule has 6 unspecified atom stereocenters. The zero-order valence-electron chi connectivity index (χ0n) is 25.8. The van der Waals surface area contributed by atoms with E-state index >= 15 is 0 Å². The van der Waals surface area contributed by atoms with E-state index in [-0.39, 0.29) is 19.1 Å². The number of nitrogens with two attached hydrogens (primary N) is 1. The molecule has 44 heavy (non-hydrogen) atoms. The number of benzene rings is 1. The van der Waals surface area contributed by atoms with Gasteiger partial charge in [0.2, 0.25) is 5.91 Å². The molecular formula is C33H46ClN5O5. The number of ether oxygens (including phenoxy) is 2. The first-order chi connectivity index (χ1) is 20.9. The Morgan fingerprint density at radius 2 is 2.11 bits per heavy atom. The van der Waals surface area contributed by atoms with Gasteiger partial charge >= 0.3 is 0 Å². The SMILES string of the molecule is Cn1c2c(c3c(OCC(O)CNC(C)(C)CNC(=O)COC4C=CC(C(=N)CCC(N)O)=CC4Cl)cccc31)C1CC1CC2. The van der Waals surface area contributed by atoms with Gasteiger partial charge in [0.15, 0.2) is 0 Å². The molecule has 5 rings (SSSR count). The molecule has 3 aliphatic rings. The van der Waals surface area contributed by atoms with Crippen molar-refractivity contribution in [3.63, 3.8) is 0 Å². The summed E-state index contributed by atoms with van der Waals surface area (Å²) in [7, 11) is 2.14. The van der Waals surface area contributed by atoms with Gasteiger partial charge in [0.05, 0.1) is 17.0 Å². The van der Waals surface area contributed by atoms with Gasteiger partial charge in [0.25, 0.3) is 0 Å². The smallest absolute Gasteiger partial charge is 0.246 e. The number of fused-ring (bicyclic) bond motifs is 5. The van der Waals surface area contributed by atoms with E-state index in [4.69, 9.17) is 32.2 Å². The van der Waals surface area contributed by atoms with Crippen LogP contribution < -0.4 is 21.1 Å². The van der Waals surface area contributed by atoms with Crippen LogP contribution in [-0.2, 0) is 23.0 Å². The van der Waals surface area contributed by atoms with Crippen LogP contribution in [-0.4, -0.2) is 82.1 Å². The predicted octanol–water partition coefficient (Wildman–Crippen LogP) is 3.02. The molecule has 0 bridgehead atoms. The van der Waals surface area contributed by atoms with E-state index in [2.05, 4.69) is 28.3 Å². The Labute approximate surface area is 264 Å². The van der Waals surface area contributed by atoms with Crippen molar-refractivity contribution < 1.29 is 24.5 Å². The topological polar surface area (TPSA) is 155 Å². The number of allylic oxidation sites excluding steroid dienone is 2. The quantitative estimate of drug-likeness (QED) is 0.101. The van der Waals surface area contributed by atoms with E-state index in [0.29, 0.717) is 43.1 Å². The van der Waals surface area contributed by atoms with Crippen LogP contribution in [0, 0.1) is 11.3 Å². The van der Waals surface area contributed by atoms with E-state index in [0.717, 1.165) is 18.1 Å². The van der Waals surface area contributed by atoms with Crippen molar-refractivity contribution in [1.29, 1.82) is 5.41 Å². The van der Waals surface area contributed by atoms with Crippen LogP contribution in [0.3, 0.4) is 0 Å². The molecule has 0 radical (unpaired) electrons. The molecule has 1 saturated carbocycles. The lowest BCUT2D eigenvalue weighted by atomic mass is 9.95. The Hall–Kier alpha value is -2.73. The van der Waals surface area contributed by atoms with Gasteiger partial charge in [0.1, 0.15) is 31.3 Å². The molecule has 240 valence electrons. The lowest BCUT2D eigenvalue weighted by Gasteiger charge is -2.28. The summed E-state index contributed by atoms with van der Waals surface area (Å²) in [5.41, 5.74) is 9.93. The largest absolute Gasteiger partial charge is 0.490 e. The number of nitrogens with one attached hydrogen (secondary N) is 3. The van der Waals surface area contributed by atoms with Gasteiger partial charge in [-0.2, -0.15) is 0 Å². The molecular weight excluding hydrogens is 582 g/mol. The van der Waals surface area contributed by atoms with Gasteiger partial charge in [-0.25, -0.2) is 0 Å². The Morgan fingerprint density at radius 1 is 1.32 bits per heavy atom. The van der Waals surface area contributed by atoms with Crippen LogP contribution in [0.25, 0.3) is 10.9 Å². The Bertz CT molecular complexity index is 1430. The van der Waals surface area contributed by atoms with Gasteiger partial charge in [-0.05, 0) is 81.1 Å². The molecule has 1 aromatic heterocycles. The first-order valence-corrected chi connectivity index (χ1v) is 16.0. The van der Waals surface area contributed by atoms with Crippen molar-refractivity contribution in [2.24, 2.45) is 18.7 Å². The fourth-order valence-electron chi connectivity index (χ4n) is 6.26. The number of alkyl halides is 1.